The van der Waals surface area contributed by atoms with Gasteiger partial charge in [0.25, 0.3) is 0 Å². The van der Waals surface area contributed by atoms with Gasteiger partial charge in [0.2, 0.25) is 0 Å². The van der Waals surface area contributed by atoms with Crippen LogP contribution in [0.5, 0.6) is 11.5 Å². The molecule has 0 saturated carbocycles. The van der Waals surface area contributed by atoms with E-state index in [0.717, 1.165) is 43.6 Å². The second-order valence-electron chi connectivity index (χ2n) is 10.3. The number of nitrogens with one attached hydrogen (secondary N) is 1. The van der Waals surface area contributed by atoms with Crippen LogP contribution in [0.1, 0.15) is 58.0 Å². The summed E-state index contributed by atoms with van der Waals surface area (Å²) in [5.74, 6) is -2.46. The molecule has 2 aromatic carbocycles. The van der Waals surface area contributed by atoms with Crippen LogP contribution < -0.4 is 14.8 Å². The van der Waals surface area contributed by atoms with Crippen molar-refractivity contribution in [1.29, 1.82) is 0 Å². The summed E-state index contributed by atoms with van der Waals surface area (Å²) < 4.78 is 13.0. The van der Waals surface area contributed by atoms with Crippen LogP contribution in [0.2, 0.25) is 0 Å². The number of hydrogen-bond acceptors (Lipinski definition) is 9. The van der Waals surface area contributed by atoms with Gasteiger partial charge in [-0.3, -0.25) is 19.2 Å². The van der Waals surface area contributed by atoms with E-state index in [1.807, 2.05) is 30.3 Å². The Morgan fingerprint density at radius 3 is 1.76 bits per heavy atom. The van der Waals surface area contributed by atoms with Crippen LogP contribution in [0.15, 0.2) is 36.4 Å². The maximum Gasteiger partial charge on any atom is 0.306 e. The number of carboxylic acid groups (broad SMARTS) is 2. The second-order valence-corrected chi connectivity index (χ2v) is 12.4. The van der Waals surface area contributed by atoms with Crippen molar-refractivity contribution < 1.29 is 38.9 Å². The molecule has 3 N–H and O–H groups in total. The molecule has 0 aliphatic heterocycles. The molecular formula is C31H33NO8S2. The first kappa shape index (κ1) is 31.0. The third-order valence-corrected chi connectivity index (χ3v) is 9.35. The number of thiophene rings is 2. The lowest BCUT2D eigenvalue weighted by Crippen LogP contribution is -2.13. The first-order chi connectivity index (χ1) is 20.0. The number of methoxy groups -OCH3 is 2. The number of aryl methyl sites for hydroxylation is 1. The Balaban J connectivity index is 1.43. The summed E-state index contributed by atoms with van der Waals surface area (Å²) in [7, 11) is 3.20. The highest BCUT2D eigenvalue weighted by Gasteiger charge is 2.21. The van der Waals surface area contributed by atoms with E-state index < -0.39 is 23.8 Å². The van der Waals surface area contributed by atoms with Gasteiger partial charge in [-0.1, -0.05) is 13.8 Å². The molecule has 4 rings (SSSR count). The van der Waals surface area contributed by atoms with Crippen molar-refractivity contribution in [2.45, 2.75) is 39.5 Å². The Hall–Kier alpha value is -3.96. The van der Waals surface area contributed by atoms with Crippen LogP contribution in [0.3, 0.4) is 0 Å². The van der Waals surface area contributed by atoms with Gasteiger partial charge in [0.1, 0.15) is 11.5 Å². The van der Waals surface area contributed by atoms with Crippen molar-refractivity contribution in [3.05, 3.63) is 51.7 Å². The molecule has 11 heteroatoms. The molecule has 9 nitrogen and oxygen atoms in total. The van der Waals surface area contributed by atoms with E-state index in [-0.39, 0.29) is 24.4 Å². The van der Waals surface area contributed by atoms with Gasteiger partial charge in [0, 0.05) is 34.9 Å². The molecule has 0 aliphatic rings. The largest absolute Gasteiger partial charge is 0.496 e. The highest BCUT2D eigenvalue weighted by atomic mass is 32.1. The van der Waals surface area contributed by atoms with E-state index in [0.29, 0.717) is 28.5 Å². The SMILES string of the molecule is COc1cc2sc(C(=O)CC(C)C(=O)O)cc2cc1CCCNc1cc2cc(C(=O)CC(C)C(=O)O)sc2cc1OC. The fourth-order valence-electron chi connectivity index (χ4n) is 4.58. The van der Waals surface area contributed by atoms with E-state index in [4.69, 9.17) is 19.7 Å². The average Bonchev–Trinajstić information content (AvgIpc) is 3.57. The first-order valence-electron chi connectivity index (χ1n) is 13.5. The van der Waals surface area contributed by atoms with Gasteiger partial charge in [-0.2, -0.15) is 0 Å². The maximum atomic E-state index is 12.6. The molecular weight excluding hydrogens is 578 g/mol. The topological polar surface area (TPSA) is 139 Å². The normalized spacial score (nSPS) is 12.7. The van der Waals surface area contributed by atoms with Gasteiger partial charge in [-0.05, 0) is 59.5 Å². The average molecular weight is 612 g/mol. The number of fused-ring (bicyclic) bond motifs is 2. The minimum atomic E-state index is -0.993. The summed E-state index contributed by atoms with van der Waals surface area (Å²) in [5, 5.41) is 23.5. The molecule has 0 spiro atoms. The van der Waals surface area contributed by atoms with Crippen molar-refractivity contribution in [3.63, 3.8) is 0 Å². The van der Waals surface area contributed by atoms with Gasteiger partial charge >= 0.3 is 11.9 Å². The lowest BCUT2D eigenvalue weighted by molar-refractivity contribution is -0.141. The predicted molar refractivity (Wildman–Crippen MR) is 165 cm³/mol. The summed E-state index contributed by atoms with van der Waals surface area (Å²) in [6, 6.07) is 11.4. The van der Waals surface area contributed by atoms with E-state index in [2.05, 4.69) is 5.32 Å². The summed E-state index contributed by atoms with van der Waals surface area (Å²) in [6.07, 6.45) is 1.40. The Labute approximate surface area is 251 Å². The molecule has 2 atom stereocenters. The van der Waals surface area contributed by atoms with Crippen molar-refractivity contribution in [2.24, 2.45) is 11.8 Å². The van der Waals surface area contributed by atoms with Gasteiger partial charge < -0.3 is 25.0 Å². The standard InChI is InChI=1S/C31H33NO8S2/c1-16(30(35)36)8-22(33)28-12-19-10-18(24(39-3)14-26(19)41-28)6-5-7-32-21-11-20-13-29(23(34)9-17(2)31(37)38)42-27(20)15-25(21)40-4/h10-17,32H,5-9H2,1-4H3,(H,35,36)(H,37,38). The first-order valence-corrected chi connectivity index (χ1v) is 15.1. The quantitative estimate of drug-likeness (QED) is 0.0982. The van der Waals surface area contributed by atoms with Gasteiger partial charge in [0.05, 0.1) is 41.5 Å². The summed E-state index contributed by atoms with van der Waals surface area (Å²) in [4.78, 5) is 48.6. The molecule has 42 heavy (non-hydrogen) atoms. The molecule has 0 amide bonds. The lowest BCUT2D eigenvalue weighted by Gasteiger charge is -2.13. The van der Waals surface area contributed by atoms with Crippen LogP contribution in [0, 0.1) is 11.8 Å². The Morgan fingerprint density at radius 2 is 1.26 bits per heavy atom. The highest BCUT2D eigenvalue weighted by molar-refractivity contribution is 7.21. The monoisotopic (exact) mass is 611 g/mol. The fourth-order valence-corrected chi connectivity index (χ4v) is 6.63. The maximum absolute atomic E-state index is 12.6. The van der Waals surface area contributed by atoms with Crippen molar-refractivity contribution in [1.82, 2.24) is 0 Å². The number of Topliss-reactive ketones (excluding diaryl/α,β-unsaturated/α-hetero) is 2. The number of carbonyl (C=O) groups excluding carboxylic acids is 2. The molecule has 0 aliphatic carbocycles. The Bertz CT molecular complexity index is 1530. The van der Waals surface area contributed by atoms with Crippen LogP contribution >= 0.6 is 22.7 Å². The molecule has 2 heterocycles. The number of carboxylic acids is 2. The zero-order valence-corrected chi connectivity index (χ0v) is 25.4. The van der Waals surface area contributed by atoms with E-state index in [9.17, 15) is 19.2 Å². The Morgan fingerprint density at radius 1 is 0.762 bits per heavy atom. The number of rotatable bonds is 15. The minimum absolute atomic E-state index is 0.0417. The summed E-state index contributed by atoms with van der Waals surface area (Å²) >= 11 is 2.66. The number of aliphatic carboxylic acids is 2. The fraction of sp³-hybridized carbons (Fsp3) is 0.355. The lowest BCUT2D eigenvalue weighted by atomic mass is 10.0. The molecule has 0 saturated heterocycles. The van der Waals surface area contributed by atoms with Crippen LogP contribution in [0.25, 0.3) is 20.2 Å². The van der Waals surface area contributed by atoms with E-state index in [1.54, 1.807) is 20.3 Å². The van der Waals surface area contributed by atoms with Crippen molar-refractivity contribution in [2.75, 3.05) is 26.1 Å². The van der Waals surface area contributed by atoms with Crippen LogP contribution in [0.4, 0.5) is 5.69 Å². The molecule has 222 valence electrons. The number of hydrogen-bond donors (Lipinski definition) is 3. The van der Waals surface area contributed by atoms with Gasteiger partial charge in [0.15, 0.2) is 11.6 Å². The zero-order valence-electron chi connectivity index (χ0n) is 23.8. The summed E-state index contributed by atoms with van der Waals surface area (Å²) in [5.41, 5.74) is 1.79. The molecule has 0 fully saturated rings. The smallest absolute Gasteiger partial charge is 0.306 e. The Kier molecular flexibility index (Phi) is 9.85. The van der Waals surface area contributed by atoms with Crippen molar-refractivity contribution in [3.8, 4) is 11.5 Å². The van der Waals surface area contributed by atoms with Crippen LogP contribution in [-0.4, -0.2) is 54.5 Å². The van der Waals surface area contributed by atoms with Gasteiger partial charge in [-0.25, -0.2) is 0 Å². The van der Waals surface area contributed by atoms with Gasteiger partial charge in [-0.15, -0.1) is 22.7 Å². The van der Waals surface area contributed by atoms with Crippen molar-refractivity contribution >= 4 is 72.0 Å². The van der Waals surface area contributed by atoms with Crippen LogP contribution in [-0.2, 0) is 16.0 Å². The molecule has 0 bridgehead atoms. The number of carbonyl (C=O) groups is 4. The zero-order chi connectivity index (χ0) is 30.6. The number of ketones is 2. The number of ether oxygens (including phenoxy) is 2. The molecule has 4 aromatic rings. The third kappa shape index (κ3) is 7.08. The van der Waals surface area contributed by atoms with E-state index >= 15 is 0 Å². The highest BCUT2D eigenvalue weighted by Crippen LogP contribution is 2.37. The second kappa shape index (κ2) is 13.3. The predicted octanol–water partition coefficient (Wildman–Crippen LogP) is 6.76. The van der Waals surface area contributed by atoms with E-state index in [1.165, 1.54) is 36.5 Å². The summed E-state index contributed by atoms with van der Waals surface area (Å²) in [6.45, 7) is 3.69. The molecule has 0 radical (unpaired) electrons. The molecule has 2 aromatic heterocycles. The molecule has 2 unspecified atom stereocenters. The third-order valence-electron chi connectivity index (χ3n) is 7.07. The minimum Gasteiger partial charge on any atom is -0.496 e. The number of benzene rings is 2. The number of anilines is 1.